The molecule has 6 rings (SSSR count). The zero-order chi connectivity index (χ0) is 27.5. The summed E-state index contributed by atoms with van der Waals surface area (Å²) in [7, 11) is 6.59. The van der Waals surface area contributed by atoms with Crippen molar-refractivity contribution in [3.8, 4) is 0 Å². The van der Waals surface area contributed by atoms with Crippen LogP contribution in [0.2, 0.25) is 0 Å². The first-order valence-electron chi connectivity index (χ1n) is 14.2. The van der Waals surface area contributed by atoms with E-state index in [9.17, 15) is 9.59 Å². The number of aromatic nitrogens is 1. The van der Waals surface area contributed by atoms with E-state index in [1.807, 2.05) is 42.7 Å². The Balaban J connectivity index is 1.14. The number of nitrogens with zero attached hydrogens (tertiary/aromatic N) is 2. The van der Waals surface area contributed by atoms with Crippen molar-refractivity contribution in [1.29, 1.82) is 0 Å². The van der Waals surface area contributed by atoms with E-state index < -0.39 is 0 Å². The molecule has 1 aromatic carbocycles. The summed E-state index contributed by atoms with van der Waals surface area (Å²) in [6, 6.07) is 11.7. The van der Waals surface area contributed by atoms with Crippen LogP contribution in [0.15, 0.2) is 76.7 Å². The first-order chi connectivity index (χ1) is 19.5. The van der Waals surface area contributed by atoms with Gasteiger partial charge in [-0.15, -0.1) is 0 Å². The number of halogens is 2. The van der Waals surface area contributed by atoms with E-state index in [0.717, 1.165) is 66.7 Å². The van der Waals surface area contributed by atoms with E-state index in [1.165, 1.54) is 15.7 Å². The maximum atomic E-state index is 13.3. The Hall–Kier alpha value is -1.95. The van der Waals surface area contributed by atoms with Gasteiger partial charge in [-0.3, -0.25) is 4.79 Å². The van der Waals surface area contributed by atoms with Gasteiger partial charge in [0, 0.05) is 12.0 Å². The standard InChI is InChI=1S/C32H33BI2N3O2/c33-28-17-35-34-16-23-13-24(37-19-21-4-3-11-36-18-21)14-29(38-32(23)28)22-9-7-20(8-10-22)12-30(39)27-15-31(40)26-6-2-1-5-25(26)27/h1-6,11,14,17-18,20,22-23,27,37H,7-10,12-13,15-16,19H2/q-1. The van der Waals surface area contributed by atoms with Crippen LogP contribution in [0, 0.1) is 17.8 Å². The van der Waals surface area contributed by atoms with Crippen LogP contribution in [-0.2, 0) is 11.3 Å². The first kappa shape index (κ1) is 28.2. The Bertz CT molecular complexity index is 1410. The van der Waals surface area contributed by atoms with Crippen molar-refractivity contribution in [3.05, 3.63) is 88.4 Å². The molecule has 2 unspecified atom stereocenters. The third-order valence-corrected chi connectivity index (χ3v) is 17.3. The number of Topliss-reactive ketones (excluding diaryl/α,β-unsaturated/α-hetero) is 2. The van der Waals surface area contributed by atoms with Gasteiger partial charge in [0.15, 0.2) is 5.78 Å². The number of rotatable bonds is 7. The van der Waals surface area contributed by atoms with Crippen molar-refractivity contribution >= 4 is 45.9 Å². The Kier molecular flexibility index (Phi) is 9.11. The average Bonchev–Trinajstić information content (AvgIpc) is 3.09. The molecule has 40 heavy (non-hydrogen) atoms. The minimum absolute atomic E-state index is 0.103. The summed E-state index contributed by atoms with van der Waals surface area (Å²) in [5.74, 6) is 1.24. The number of allylic oxidation sites excluding steroid dienone is 4. The normalized spacial score (nSPS) is 26.6. The maximum absolute atomic E-state index is 13.3. The molecule has 2 aromatic rings. The van der Waals surface area contributed by atoms with Crippen LogP contribution < -0.4 is 22.5 Å². The molecule has 3 heterocycles. The number of carbonyl (C=O) groups excluding carboxylic acids is 2. The van der Waals surface area contributed by atoms with E-state index >= 15 is 0 Å². The molecule has 2 atom stereocenters. The fraction of sp³-hybridized carbons (Fsp3) is 0.406. The van der Waals surface area contributed by atoms with Crippen LogP contribution in [0.5, 0.6) is 0 Å². The summed E-state index contributed by atoms with van der Waals surface area (Å²) in [6.45, 7) is 0.754. The van der Waals surface area contributed by atoms with Crippen LogP contribution in [-0.4, -0.2) is 38.5 Å². The predicted octanol–water partition coefficient (Wildman–Crippen LogP) is 2.82. The van der Waals surface area contributed by atoms with Crippen molar-refractivity contribution in [2.45, 2.75) is 57.4 Å². The number of nitrogens with one attached hydrogen (secondary N) is 1. The fourth-order valence-corrected chi connectivity index (χ4v) is 15.3. The SMILES string of the molecule is [B]C1=C2N=C(C3CCC(CC(=O)C4CC(=O)c5ccccc54)CC3)C=C(NCc3cccnc3)CC2C[I-]I=C1. The predicted molar refractivity (Wildman–Crippen MR) is 166 cm³/mol. The van der Waals surface area contributed by atoms with Crippen molar-refractivity contribution in [2.24, 2.45) is 22.7 Å². The summed E-state index contributed by atoms with van der Waals surface area (Å²) < 4.78 is 3.56. The molecule has 0 saturated heterocycles. The number of fused-ring (bicyclic) bond motifs is 2. The molecule has 8 heteroatoms. The van der Waals surface area contributed by atoms with E-state index in [0.29, 0.717) is 30.6 Å². The van der Waals surface area contributed by atoms with Crippen molar-refractivity contribution in [3.63, 3.8) is 0 Å². The van der Waals surface area contributed by atoms with Gasteiger partial charge in [0.05, 0.1) is 0 Å². The third-order valence-electron chi connectivity index (χ3n) is 8.59. The van der Waals surface area contributed by atoms with Gasteiger partial charge in [0.1, 0.15) is 0 Å². The molecule has 0 bridgehead atoms. The van der Waals surface area contributed by atoms with Crippen LogP contribution >= 0.6 is 16.8 Å². The molecule has 206 valence electrons. The molecule has 1 N–H and O–H groups in total. The Morgan fingerprint density at radius 2 is 1.93 bits per heavy atom. The second kappa shape index (κ2) is 12.9. The van der Waals surface area contributed by atoms with Crippen molar-refractivity contribution in [1.82, 2.24) is 10.3 Å². The van der Waals surface area contributed by atoms with Gasteiger partial charge in [0.25, 0.3) is 0 Å². The van der Waals surface area contributed by atoms with Crippen LogP contribution in [0.4, 0.5) is 0 Å². The molecule has 0 spiro atoms. The number of aliphatic imine (C=N–C) groups is 1. The summed E-state index contributed by atoms with van der Waals surface area (Å²) in [6.07, 6.45) is 12.0. The Morgan fingerprint density at radius 1 is 1.07 bits per heavy atom. The molecule has 2 radical (unpaired) electrons. The number of alkyl halides is 1. The Morgan fingerprint density at radius 3 is 2.75 bits per heavy atom. The molecule has 5 nitrogen and oxygen atoms in total. The molecule has 4 aliphatic rings. The second-order valence-electron chi connectivity index (χ2n) is 11.3. The fourth-order valence-electron chi connectivity index (χ4n) is 6.41. The van der Waals surface area contributed by atoms with Gasteiger partial charge < -0.3 is 0 Å². The van der Waals surface area contributed by atoms with Crippen LogP contribution in [0.25, 0.3) is 0 Å². The number of benzene rings is 1. The van der Waals surface area contributed by atoms with Gasteiger partial charge in [-0.1, -0.05) is 24.3 Å². The van der Waals surface area contributed by atoms with Gasteiger partial charge in [-0.2, -0.15) is 0 Å². The molecular formula is C32H33BI2N3O2-. The van der Waals surface area contributed by atoms with Crippen LogP contribution in [0.1, 0.15) is 72.3 Å². The summed E-state index contributed by atoms with van der Waals surface area (Å²) in [5, 5.41) is 3.71. The summed E-state index contributed by atoms with van der Waals surface area (Å²) in [5.41, 5.74) is 7.28. The topological polar surface area (TPSA) is 71.4 Å². The molecule has 2 aliphatic carbocycles. The minimum atomic E-state index is -0.256. The molecule has 1 saturated carbocycles. The number of ketones is 2. The monoisotopic (exact) mass is 756 g/mol. The van der Waals surface area contributed by atoms with Gasteiger partial charge in [-0.25, -0.2) is 0 Å². The second-order valence-corrected chi connectivity index (χ2v) is 20.8. The molecular weight excluding hydrogens is 723 g/mol. The van der Waals surface area contributed by atoms with Gasteiger partial charge in [-0.05, 0) is 5.56 Å². The van der Waals surface area contributed by atoms with Crippen molar-refractivity contribution < 1.29 is 26.8 Å². The van der Waals surface area contributed by atoms with Crippen molar-refractivity contribution in [2.75, 3.05) is 4.43 Å². The number of carbonyl (C=O) groups is 2. The molecule has 1 fully saturated rings. The van der Waals surface area contributed by atoms with Crippen LogP contribution in [0.3, 0.4) is 0 Å². The van der Waals surface area contributed by atoms with E-state index in [2.05, 4.69) is 26.5 Å². The number of hydrogen-bond acceptors (Lipinski definition) is 5. The zero-order valence-electron chi connectivity index (χ0n) is 22.5. The third kappa shape index (κ3) is 6.42. The van der Waals surface area contributed by atoms with Gasteiger partial charge in [0.2, 0.25) is 0 Å². The van der Waals surface area contributed by atoms with Gasteiger partial charge >= 0.3 is 204 Å². The Labute approximate surface area is 254 Å². The zero-order valence-corrected chi connectivity index (χ0v) is 26.8. The molecule has 0 amide bonds. The quantitative estimate of drug-likeness (QED) is 0.269. The number of hydrogen-bond donors (Lipinski definition) is 1. The molecule has 2 aliphatic heterocycles. The van der Waals surface area contributed by atoms with E-state index in [-0.39, 0.29) is 51.5 Å². The summed E-state index contributed by atoms with van der Waals surface area (Å²) >= 11 is 0.308. The van der Waals surface area contributed by atoms with E-state index in [1.54, 1.807) is 0 Å². The molecule has 1 aromatic heterocycles. The number of pyridine rings is 1. The summed E-state index contributed by atoms with van der Waals surface area (Å²) in [4.78, 5) is 35.3. The van der Waals surface area contributed by atoms with E-state index in [4.69, 9.17) is 12.8 Å². The first-order valence-corrected chi connectivity index (χ1v) is 23.2. The average molecular weight is 756 g/mol.